The minimum absolute atomic E-state index is 0.0970. The summed E-state index contributed by atoms with van der Waals surface area (Å²) < 4.78 is 26.4. The average Bonchev–Trinajstić information content (AvgIpc) is 2.79. The molecule has 0 unspecified atom stereocenters. The van der Waals surface area contributed by atoms with E-state index in [1.165, 1.54) is 9.71 Å². The lowest BCUT2D eigenvalue weighted by Gasteiger charge is -2.33. The van der Waals surface area contributed by atoms with Gasteiger partial charge in [-0.15, -0.1) is 0 Å². The number of sulfonamides is 1. The number of carbonyl (C=O) groups is 2. The quantitative estimate of drug-likeness (QED) is 0.732. The van der Waals surface area contributed by atoms with Gasteiger partial charge in [-0.1, -0.05) is 48.5 Å². The van der Waals surface area contributed by atoms with Crippen molar-refractivity contribution >= 4 is 27.9 Å². The van der Waals surface area contributed by atoms with Crippen LogP contribution >= 0.6 is 0 Å². The Morgan fingerprint density at radius 3 is 2.13 bits per heavy atom. The van der Waals surface area contributed by atoms with Crippen molar-refractivity contribution in [3.05, 3.63) is 77.2 Å². The molecule has 8 heteroatoms. The van der Waals surface area contributed by atoms with Crippen molar-refractivity contribution in [2.75, 3.05) is 32.7 Å². The Labute approximate surface area is 177 Å². The number of benzene rings is 2. The molecule has 0 radical (unpaired) electrons. The van der Waals surface area contributed by atoms with Gasteiger partial charge in [0, 0.05) is 50.1 Å². The molecule has 0 atom stereocenters. The van der Waals surface area contributed by atoms with Crippen LogP contribution in [0.1, 0.15) is 22.3 Å². The van der Waals surface area contributed by atoms with Crippen molar-refractivity contribution in [1.82, 2.24) is 14.5 Å². The molecular weight excluding hydrogens is 402 g/mol. The molecule has 0 aromatic heterocycles. The van der Waals surface area contributed by atoms with Crippen LogP contribution in [0.3, 0.4) is 0 Å². The first-order chi connectivity index (χ1) is 14.5. The molecule has 0 bridgehead atoms. The Morgan fingerprint density at radius 2 is 1.50 bits per heavy atom. The van der Waals surface area contributed by atoms with E-state index in [0.717, 1.165) is 5.56 Å². The van der Waals surface area contributed by atoms with Gasteiger partial charge < -0.3 is 10.2 Å². The van der Waals surface area contributed by atoms with Gasteiger partial charge in [0.05, 0.1) is 0 Å². The standard InChI is InChI=1S/C22H25N3O4S/c26-21(11-13-23-22(27)20-9-5-2-6-10-20)24-14-16-25(17-15-24)30(28,29)18-12-19-7-3-1-4-8-19/h1-10,12,18H,11,13-17H2,(H,23,27)/b18-12-. The van der Waals surface area contributed by atoms with E-state index in [0.29, 0.717) is 18.7 Å². The van der Waals surface area contributed by atoms with Gasteiger partial charge >= 0.3 is 0 Å². The Hall–Kier alpha value is -2.97. The highest BCUT2D eigenvalue weighted by Crippen LogP contribution is 2.12. The van der Waals surface area contributed by atoms with Crippen LogP contribution in [0.5, 0.6) is 0 Å². The van der Waals surface area contributed by atoms with Gasteiger partial charge in [0.25, 0.3) is 5.91 Å². The average molecular weight is 428 g/mol. The first-order valence-corrected chi connectivity index (χ1v) is 11.3. The molecule has 30 heavy (non-hydrogen) atoms. The van der Waals surface area contributed by atoms with E-state index >= 15 is 0 Å². The predicted molar refractivity (Wildman–Crippen MR) is 116 cm³/mol. The molecule has 0 spiro atoms. The molecular formula is C22H25N3O4S. The van der Waals surface area contributed by atoms with Crippen molar-refractivity contribution in [1.29, 1.82) is 0 Å². The zero-order valence-corrected chi connectivity index (χ0v) is 17.4. The molecule has 1 fully saturated rings. The van der Waals surface area contributed by atoms with E-state index in [-0.39, 0.29) is 37.9 Å². The maximum Gasteiger partial charge on any atom is 0.251 e. The van der Waals surface area contributed by atoms with Gasteiger partial charge in [-0.05, 0) is 23.8 Å². The summed E-state index contributed by atoms with van der Waals surface area (Å²) in [4.78, 5) is 26.0. The molecule has 2 aromatic rings. The number of hydrogen-bond donors (Lipinski definition) is 1. The normalized spacial score (nSPS) is 15.3. The summed E-state index contributed by atoms with van der Waals surface area (Å²) in [6.45, 7) is 1.42. The second-order valence-corrected chi connectivity index (χ2v) is 8.73. The molecule has 1 saturated heterocycles. The van der Waals surface area contributed by atoms with Crippen LogP contribution in [-0.2, 0) is 14.8 Å². The SMILES string of the molecule is O=C(NCCC(=O)N1CCN(S(=O)(=O)/C=C\c2ccccc2)CC1)c1ccccc1. The van der Waals surface area contributed by atoms with Crippen molar-refractivity contribution in [3.8, 4) is 0 Å². The van der Waals surface area contributed by atoms with Gasteiger partial charge in [0.15, 0.2) is 0 Å². The summed E-state index contributed by atoms with van der Waals surface area (Å²) in [6, 6.07) is 18.0. The highest BCUT2D eigenvalue weighted by atomic mass is 32.2. The number of rotatable bonds is 7. The largest absolute Gasteiger partial charge is 0.352 e. The molecule has 158 valence electrons. The van der Waals surface area contributed by atoms with Crippen LogP contribution in [0.2, 0.25) is 0 Å². The Morgan fingerprint density at radius 1 is 0.900 bits per heavy atom. The molecule has 1 aliphatic heterocycles. The maximum atomic E-state index is 12.5. The molecule has 1 heterocycles. The van der Waals surface area contributed by atoms with E-state index in [1.807, 2.05) is 36.4 Å². The third-order valence-corrected chi connectivity index (χ3v) is 6.41. The van der Waals surface area contributed by atoms with Crippen molar-refractivity contribution in [2.24, 2.45) is 0 Å². The maximum absolute atomic E-state index is 12.5. The van der Waals surface area contributed by atoms with Gasteiger partial charge in [-0.2, -0.15) is 4.31 Å². The van der Waals surface area contributed by atoms with Crippen LogP contribution in [0.4, 0.5) is 0 Å². The monoisotopic (exact) mass is 427 g/mol. The smallest absolute Gasteiger partial charge is 0.251 e. The fourth-order valence-corrected chi connectivity index (χ4v) is 4.31. The number of nitrogens with zero attached hydrogens (tertiary/aromatic N) is 2. The van der Waals surface area contributed by atoms with Crippen LogP contribution in [0, 0.1) is 0 Å². The van der Waals surface area contributed by atoms with Gasteiger partial charge in [-0.3, -0.25) is 9.59 Å². The first-order valence-electron chi connectivity index (χ1n) is 9.80. The summed E-state index contributed by atoms with van der Waals surface area (Å²) in [7, 11) is -3.53. The lowest BCUT2D eigenvalue weighted by Crippen LogP contribution is -2.50. The lowest BCUT2D eigenvalue weighted by molar-refractivity contribution is -0.132. The summed E-state index contributed by atoms with van der Waals surface area (Å²) in [5.74, 6) is -0.315. The molecule has 1 N–H and O–H groups in total. The minimum Gasteiger partial charge on any atom is -0.352 e. The summed E-state index contributed by atoms with van der Waals surface area (Å²) in [5, 5.41) is 3.94. The molecule has 0 saturated carbocycles. The fourth-order valence-electron chi connectivity index (χ4n) is 3.14. The topological polar surface area (TPSA) is 86.8 Å². The lowest BCUT2D eigenvalue weighted by atomic mass is 10.2. The third-order valence-electron chi connectivity index (χ3n) is 4.84. The van der Waals surface area contributed by atoms with E-state index in [1.54, 1.807) is 35.2 Å². The number of carbonyl (C=O) groups excluding carboxylic acids is 2. The van der Waals surface area contributed by atoms with Crippen molar-refractivity contribution in [2.45, 2.75) is 6.42 Å². The second-order valence-electron chi connectivity index (χ2n) is 6.91. The Kier molecular flexibility index (Phi) is 7.37. The van der Waals surface area contributed by atoms with E-state index in [4.69, 9.17) is 0 Å². The number of hydrogen-bond acceptors (Lipinski definition) is 4. The number of amides is 2. The van der Waals surface area contributed by atoms with Crippen molar-refractivity contribution in [3.63, 3.8) is 0 Å². The molecule has 3 rings (SSSR count). The minimum atomic E-state index is -3.53. The highest BCUT2D eigenvalue weighted by molar-refractivity contribution is 7.92. The molecule has 7 nitrogen and oxygen atoms in total. The van der Waals surface area contributed by atoms with E-state index in [9.17, 15) is 18.0 Å². The summed E-state index contributed by atoms with van der Waals surface area (Å²) >= 11 is 0. The Balaban J connectivity index is 1.43. The first kappa shape index (κ1) is 21.7. The van der Waals surface area contributed by atoms with Gasteiger partial charge in [0.2, 0.25) is 15.9 Å². The fraction of sp³-hybridized carbons (Fsp3) is 0.273. The van der Waals surface area contributed by atoms with Gasteiger partial charge in [0.1, 0.15) is 0 Å². The van der Waals surface area contributed by atoms with E-state index < -0.39 is 10.0 Å². The second kappa shape index (κ2) is 10.2. The summed E-state index contributed by atoms with van der Waals surface area (Å²) in [5.41, 5.74) is 1.36. The zero-order valence-electron chi connectivity index (χ0n) is 16.6. The molecule has 2 aromatic carbocycles. The number of nitrogens with one attached hydrogen (secondary N) is 1. The van der Waals surface area contributed by atoms with Crippen LogP contribution in [-0.4, -0.2) is 62.2 Å². The van der Waals surface area contributed by atoms with Gasteiger partial charge in [-0.25, -0.2) is 8.42 Å². The molecule has 2 amide bonds. The summed E-state index contributed by atoms with van der Waals surface area (Å²) in [6.07, 6.45) is 1.75. The zero-order chi connectivity index (χ0) is 21.4. The Bertz CT molecular complexity index is 984. The van der Waals surface area contributed by atoms with E-state index in [2.05, 4.69) is 5.32 Å². The third kappa shape index (κ3) is 6.01. The predicted octanol–water partition coefficient (Wildman–Crippen LogP) is 1.95. The molecule has 1 aliphatic rings. The highest BCUT2D eigenvalue weighted by Gasteiger charge is 2.27. The molecule has 0 aliphatic carbocycles. The van der Waals surface area contributed by atoms with Crippen LogP contribution < -0.4 is 5.32 Å². The van der Waals surface area contributed by atoms with Crippen LogP contribution in [0.15, 0.2) is 66.1 Å². The number of piperazine rings is 1. The van der Waals surface area contributed by atoms with Crippen LogP contribution in [0.25, 0.3) is 6.08 Å². The van der Waals surface area contributed by atoms with Crippen molar-refractivity contribution < 1.29 is 18.0 Å².